The van der Waals surface area contributed by atoms with E-state index in [1.807, 2.05) is 0 Å². The van der Waals surface area contributed by atoms with Crippen LogP contribution < -0.4 is 11.5 Å². The zero-order valence-electron chi connectivity index (χ0n) is 10.7. The van der Waals surface area contributed by atoms with Crippen LogP contribution in [0, 0.1) is 0 Å². The minimum atomic E-state index is -0.746. The molecule has 0 spiro atoms. The molecule has 3 heterocycles. The highest BCUT2D eigenvalue weighted by atomic mass is 16.5. The number of aliphatic hydroxyl groups is 2. The third kappa shape index (κ3) is 1.91. The smallest absolute Gasteiger partial charge is 0.166 e. The number of aromatic nitrogens is 4. The van der Waals surface area contributed by atoms with Gasteiger partial charge in [0.1, 0.15) is 18.2 Å². The van der Waals surface area contributed by atoms with Gasteiger partial charge in [-0.1, -0.05) is 0 Å². The first-order chi connectivity index (χ1) is 9.65. The number of hydrogen-bond donors (Lipinski definition) is 4. The number of aliphatic hydroxyl groups excluding tert-OH is 2. The van der Waals surface area contributed by atoms with Crippen molar-refractivity contribution < 1.29 is 14.9 Å². The average molecular weight is 280 g/mol. The van der Waals surface area contributed by atoms with E-state index in [4.69, 9.17) is 21.3 Å². The first-order valence-corrected chi connectivity index (χ1v) is 6.27. The summed E-state index contributed by atoms with van der Waals surface area (Å²) in [6, 6.07) is 0. The Bertz CT molecular complexity index is 630. The van der Waals surface area contributed by atoms with Gasteiger partial charge in [-0.3, -0.25) is 0 Å². The standard InChI is InChI=1S/C11H16N6O3/c12-2-5-9-10(13)14-4-15-11(9)17(16-5)8-1-6(19)7(3-18)20-8/h4,6-8,18-19H,1-3,12H2,(H2,13,14,15). The number of rotatable bonds is 3. The SMILES string of the molecule is NCc1nn(C2CC(O)C(CO)O2)c2ncnc(N)c12. The Morgan fingerprint density at radius 2 is 2.25 bits per heavy atom. The van der Waals surface area contributed by atoms with Crippen LogP contribution in [0.15, 0.2) is 6.33 Å². The minimum absolute atomic E-state index is 0.194. The molecule has 0 amide bonds. The van der Waals surface area contributed by atoms with Crippen molar-refractivity contribution in [3.05, 3.63) is 12.0 Å². The largest absolute Gasteiger partial charge is 0.394 e. The van der Waals surface area contributed by atoms with Crippen LogP contribution in [-0.2, 0) is 11.3 Å². The molecule has 1 saturated heterocycles. The summed E-state index contributed by atoms with van der Waals surface area (Å²) in [5, 5.41) is 23.9. The van der Waals surface area contributed by atoms with Gasteiger partial charge in [-0.15, -0.1) is 0 Å². The van der Waals surface area contributed by atoms with Crippen molar-refractivity contribution in [2.24, 2.45) is 5.73 Å². The Hall–Kier alpha value is -1.81. The molecule has 9 nitrogen and oxygen atoms in total. The van der Waals surface area contributed by atoms with E-state index in [2.05, 4.69) is 15.1 Å². The summed E-state index contributed by atoms with van der Waals surface area (Å²) in [4.78, 5) is 8.09. The molecule has 108 valence electrons. The fourth-order valence-electron chi connectivity index (χ4n) is 2.44. The Morgan fingerprint density at radius 1 is 1.45 bits per heavy atom. The van der Waals surface area contributed by atoms with Crippen molar-refractivity contribution in [2.45, 2.75) is 31.4 Å². The summed E-state index contributed by atoms with van der Waals surface area (Å²) in [5.74, 6) is 0.305. The fraction of sp³-hybridized carbons (Fsp3) is 0.545. The van der Waals surface area contributed by atoms with Crippen molar-refractivity contribution >= 4 is 16.9 Å². The highest BCUT2D eigenvalue weighted by Gasteiger charge is 2.36. The number of nitrogen functional groups attached to an aromatic ring is 1. The average Bonchev–Trinajstić information content (AvgIpc) is 3.00. The molecule has 3 rings (SSSR count). The van der Waals surface area contributed by atoms with Gasteiger partial charge in [0.05, 0.1) is 23.8 Å². The second-order valence-corrected chi connectivity index (χ2v) is 4.67. The van der Waals surface area contributed by atoms with Gasteiger partial charge in [0.25, 0.3) is 0 Å². The lowest BCUT2D eigenvalue weighted by molar-refractivity contribution is -0.0471. The quantitative estimate of drug-likeness (QED) is 0.532. The molecule has 0 radical (unpaired) electrons. The van der Waals surface area contributed by atoms with Gasteiger partial charge in [0.15, 0.2) is 11.9 Å². The third-order valence-corrected chi connectivity index (χ3v) is 3.44. The lowest BCUT2D eigenvalue weighted by Crippen LogP contribution is -2.24. The second-order valence-electron chi connectivity index (χ2n) is 4.67. The first-order valence-electron chi connectivity index (χ1n) is 6.27. The highest BCUT2D eigenvalue weighted by molar-refractivity contribution is 5.88. The molecule has 2 aromatic rings. The third-order valence-electron chi connectivity index (χ3n) is 3.44. The van der Waals surface area contributed by atoms with E-state index in [1.54, 1.807) is 0 Å². The topological polar surface area (TPSA) is 145 Å². The molecule has 6 N–H and O–H groups in total. The maximum atomic E-state index is 9.80. The van der Waals surface area contributed by atoms with Crippen LogP contribution in [0.25, 0.3) is 11.0 Å². The molecule has 0 aliphatic carbocycles. The molecule has 0 aromatic carbocycles. The molecule has 1 aliphatic heterocycles. The zero-order chi connectivity index (χ0) is 14.3. The summed E-state index contributed by atoms with van der Waals surface area (Å²) in [7, 11) is 0. The molecule has 3 atom stereocenters. The summed E-state index contributed by atoms with van der Waals surface area (Å²) >= 11 is 0. The van der Waals surface area contributed by atoms with Crippen LogP contribution in [0.3, 0.4) is 0 Å². The molecular weight excluding hydrogens is 264 g/mol. The molecule has 0 bridgehead atoms. The number of hydrogen-bond acceptors (Lipinski definition) is 8. The van der Waals surface area contributed by atoms with Crippen molar-refractivity contribution in [2.75, 3.05) is 12.3 Å². The van der Waals surface area contributed by atoms with Gasteiger partial charge >= 0.3 is 0 Å². The highest BCUT2D eigenvalue weighted by Crippen LogP contribution is 2.32. The summed E-state index contributed by atoms with van der Waals surface area (Å²) in [6.45, 7) is -0.0580. The predicted molar refractivity (Wildman–Crippen MR) is 69.2 cm³/mol. The van der Waals surface area contributed by atoms with Gasteiger partial charge in [-0.25, -0.2) is 14.6 Å². The lowest BCUT2D eigenvalue weighted by atomic mass is 10.2. The van der Waals surface area contributed by atoms with E-state index in [9.17, 15) is 5.11 Å². The molecule has 2 aromatic heterocycles. The lowest BCUT2D eigenvalue weighted by Gasteiger charge is -2.12. The monoisotopic (exact) mass is 280 g/mol. The van der Waals surface area contributed by atoms with Crippen molar-refractivity contribution in [1.82, 2.24) is 19.7 Å². The maximum Gasteiger partial charge on any atom is 0.166 e. The first kappa shape index (κ1) is 13.2. The molecule has 20 heavy (non-hydrogen) atoms. The Balaban J connectivity index is 2.07. The molecule has 9 heteroatoms. The van der Waals surface area contributed by atoms with Crippen LogP contribution in [0.2, 0.25) is 0 Å². The number of anilines is 1. The van der Waals surface area contributed by atoms with Crippen LogP contribution in [0.5, 0.6) is 0 Å². The van der Waals surface area contributed by atoms with Crippen molar-refractivity contribution in [1.29, 1.82) is 0 Å². The van der Waals surface area contributed by atoms with E-state index < -0.39 is 18.4 Å². The number of fused-ring (bicyclic) bond motifs is 1. The van der Waals surface area contributed by atoms with E-state index in [-0.39, 0.29) is 13.2 Å². The number of nitrogens with zero attached hydrogens (tertiary/aromatic N) is 4. The minimum Gasteiger partial charge on any atom is -0.394 e. The maximum absolute atomic E-state index is 9.80. The van der Waals surface area contributed by atoms with E-state index in [0.29, 0.717) is 29.0 Å². The molecule has 1 fully saturated rings. The molecule has 1 aliphatic rings. The van der Waals surface area contributed by atoms with Crippen molar-refractivity contribution in [3.63, 3.8) is 0 Å². The Morgan fingerprint density at radius 3 is 2.90 bits per heavy atom. The summed E-state index contributed by atoms with van der Waals surface area (Å²) < 4.78 is 7.11. The van der Waals surface area contributed by atoms with Gasteiger partial charge in [-0.2, -0.15) is 5.10 Å². The van der Waals surface area contributed by atoms with Gasteiger partial charge in [0.2, 0.25) is 0 Å². The van der Waals surface area contributed by atoms with Gasteiger partial charge < -0.3 is 26.4 Å². The van der Waals surface area contributed by atoms with Gasteiger partial charge in [-0.05, 0) is 0 Å². The second kappa shape index (κ2) is 4.94. The summed E-state index contributed by atoms with van der Waals surface area (Å²) in [6.07, 6.45) is -0.232. The molecule has 0 saturated carbocycles. The normalized spacial score (nSPS) is 26.4. The van der Waals surface area contributed by atoms with Crippen LogP contribution >= 0.6 is 0 Å². The summed E-state index contributed by atoms with van der Waals surface area (Å²) in [5.41, 5.74) is 12.6. The Labute approximate surface area is 114 Å². The number of ether oxygens (including phenoxy) is 1. The van der Waals surface area contributed by atoms with E-state index in [0.717, 1.165) is 0 Å². The number of nitrogens with two attached hydrogens (primary N) is 2. The zero-order valence-corrected chi connectivity index (χ0v) is 10.7. The van der Waals surface area contributed by atoms with Crippen LogP contribution in [-0.4, -0.2) is 48.8 Å². The van der Waals surface area contributed by atoms with E-state index >= 15 is 0 Å². The fourth-order valence-corrected chi connectivity index (χ4v) is 2.44. The molecular formula is C11H16N6O3. The van der Waals surface area contributed by atoms with Crippen molar-refractivity contribution in [3.8, 4) is 0 Å². The predicted octanol–water partition coefficient (Wildman–Crippen LogP) is -1.49. The van der Waals surface area contributed by atoms with Gasteiger partial charge in [0, 0.05) is 13.0 Å². The van der Waals surface area contributed by atoms with Crippen LogP contribution in [0.4, 0.5) is 5.82 Å². The molecule has 3 unspecified atom stereocenters. The van der Waals surface area contributed by atoms with E-state index in [1.165, 1.54) is 11.0 Å². The van der Waals surface area contributed by atoms with Crippen LogP contribution in [0.1, 0.15) is 18.3 Å². The Kier molecular flexibility index (Phi) is 3.26.